The molecule has 0 radical (unpaired) electrons. The number of hydrogen-bond acceptors (Lipinski definition) is 3. The van der Waals surface area contributed by atoms with Gasteiger partial charge < -0.3 is 0 Å². The molecule has 0 bridgehead atoms. The summed E-state index contributed by atoms with van der Waals surface area (Å²) in [6.45, 7) is 5.66. The molecule has 0 unspecified atom stereocenters. The molecule has 12 heavy (non-hydrogen) atoms. The van der Waals surface area contributed by atoms with Crippen molar-refractivity contribution < 1.29 is 12.6 Å². The predicted molar refractivity (Wildman–Crippen MR) is 49.5 cm³/mol. The first-order chi connectivity index (χ1) is 5.27. The molecule has 0 fully saturated rings. The molecule has 3 nitrogen and oxygen atoms in total. The van der Waals surface area contributed by atoms with Gasteiger partial charge >= 0.3 is 0 Å². The Kier molecular flexibility index (Phi) is 4.20. The third kappa shape index (κ3) is 6.61. The molecule has 0 saturated heterocycles. The van der Waals surface area contributed by atoms with Gasteiger partial charge in [-0.25, -0.2) is 0 Å². The maximum absolute atomic E-state index is 10.8. The van der Waals surface area contributed by atoms with Gasteiger partial charge in [-0.2, -0.15) is 8.42 Å². The number of unbranched alkanes of at least 4 members (excludes halogenated alkanes) is 1. The summed E-state index contributed by atoms with van der Waals surface area (Å²) >= 11 is 0. The summed E-state index contributed by atoms with van der Waals surface area (Å²) < 4.78 is 26.5. The minimum atomic E-state index is -3.31. The minimum absolute atomic E-state index is 0.552. The van der Waals surface area contributed by atoms with Crippen molar-refractivity contribution >= 4 is 10.1 Å². The van der Waals surface area contributed by atoms with Crippen molar-refractivity contribution in [1.29, 1.82) is 0 Å². The van der Waals surface area contributed by atoms with Crippen LogP contribution in [0.2, 0.25) is 0 Å². The lowest BCUT2D eigenvalue weighted by atomic mass is 10.0. The lowest BCUT2D eigenvalue weighted by Crippen LogP contribution is -2.27. The summed E-state index contributed by atoms with van der Waals surface area (Å²) in [5.41, 5.74) is -0.552. The Labute approximate surface area is 75.2 Å². The second-order valence-electron chi connectivity index (χ2n) is 3.65. The van der Waals surface area contributed by atoms with Gasteiger partial charge in [0.05, 0.1) is 11.9 Å². The summed E-state index contributed by atoms with van der Waals surface area (Å²) in [7, 11) is -3.31. The quantitative estimate of drug-likeness (QED) is 0.628. The largest absolute Gasteiger partial charge is 0.264 e. The predicted octanol–water partition coefficient (Wildman–Crippen LogP) is 1.93. The topological polar surface area (TPSA) is 43.4 Å². The fourth-order valence-electron chi connectivity index (χ4n) is 1.05. The molecule has 0 heterocycles. The lowest BCUT2D eigenvalue weighted by Gasteiger charge is -2.22. The first-order valence-electron chi connectivity index (χ1n) is 4.17. The highest BCUT2D eigenvalue weighted by molar-refractivity contribution is 7.86. The Bertz CT molecular complexity index is 216. The molecule has 0 aliphatic rings. The van der Waals surface area contributed by atoms with Gasteiger partial charge in [-0.3, -0.25) is 4.18 Å². The van der Waals surface area contributed by atoms with Crippen LogP contribution in [0.15, 0.2) is 0 Å². The molecule has 0 atom stereocenters. The number of hydrogen-bond donors (Lipinski definition) is 0. The van der Waals surface area contributed by atoms with Gasteiger partial charge in [-0.1, -0.05) is 19.8 Å². The van der Waals surface area contributed by atoms with E-state index in [1.54, 1.807) is 13.8 Å². The Morgan fingerprint density at radius 2 is 1.83 bits per heavy atom. The fraction of sp³-hybridized carbons (Fsp3) is 1.00. The normalized spacial score (nSPS) is 13.3. The second-order valence-corrected chi connectivity index (χ2v) is 5.23. The van der Waals surface area contributed by atoms with E-state index in [1.807, 2.05) is 0 Å². The van der Waals surface area contributed by atoms with E-state index in [0.717, 1.165) is 25.5 Å². The van der Waals surface area contributed by atoms with E-state index in [4.69, 9.17) is 4.18 Å². The fourth-order valence-corrected chi connectivity index (χ4v) is 1.96. The van der Waals surface area contributed by atoms with Crippen molar-refractivity contribution in [3.05, 3.63) is 0 Å². The van der Waals surface area contributed by atoms with Gasteiger partial charge in [-0.05, 0) is 20.3 Å². The molecular formula is C8H18O3S. The molecule has 0 aromatic carbocycles. The van der Waals surface area contributed by atoms with Gasteiger partial charge in [0.15, 0.2) is 0 Å². The summed E-state index contributed by atoms with van der Waals surface area (Å²) in [5, 5.41) is 0. The van der Waals surface area contributed by atoms with Crippen LogP contribution in [0, 0.1) is 0 Å². The average molecular weight is 194 g/mol. The zero-order valence-corrected chi connectivity index (χ0v) is 9.07. The molecule has 0 aromatic rings. The van der Waals surface area contributed by atoms with E-state index >= 15 is 0 Å². The number of rotatable bonds is 5. The highest BCUT2D eigenvalue weighted by Crippen LogP contribution is 2.19. The highest BCUT2D eigenvalue weighted by atomic mass is 32.2. The highest BCUT2D eigenvalue weighted by Gasteiger charge is 2.22. The van der Waals surface area contributed by atoms with E-state index in [0.29, 0.717) is 0 Å². The molecular weight excluding hydrogens is 176 g/mol. The Balaban J connectivity index is 4.04. The van der Waals surface area contributed by atoms with Crippen molar-refractivity contribution in [2.24, 2.45) is 0 Å². The molecule has 0 N–H and O–H groups in total. The van der Waals surface area contributed by atoms with Crippen LogP contribution in [-0.2, 0) is 14.3 Å². The monoisotopic (exact) mass is 194 g/mol. The van der Waals surface area contributed by atoms with Crippen LogP contribution in [0.25, 0.3) is 0 Å². The van der Waals surface area contributed by atoms with Gasteiger partial charge in [0.2, 0.25) is 0 Å². The molecule has 74 valence electrons. The third-order valence-electron chi connectivity index (χ3n) is 1.51. The summed E-state index contributed by atoms with van der Waals surface area (Å²) in [6, 6.07) is 0. The molecule has 0 rings (SSSR count). The van der Waals surface area contributed by atoms with Crippen molar-refractivity contribution in [1.82, 2.24) is 0 Å². The second kappa shape index (κ2) is 4.23. The molecule has 0 spiro atoms. The lowest BCUT2D eigenvalue weighted by molar-refractivity contribution is 0.106. The third-order valence-corrected chi connectivity index (χ3v) is 2.26. The van der Waals surface area contributed by atoms with Crippen LogP contribution in [0.3, 0.4) is 0 Å². The Morgan fingerprint density at radius 1 is 1.33 bits per heavy atom. The Morgan fingerprint density at radius 3 is 2.17 bits per heavy atom. The smallest absolute Gasteiger partial charge is 0.264 e. The van der Waals surface area contributed by atoms with E-state index in [1.165, 1.54) is 0 Å². The standard InChI is InChI=1S/C8H18O3S/c1-5-6-7-8(2,3)11-12(4,9)10/h5-7H2,1-4H3. The van der Waals surface area contributed by atoms with Crippen molar-refractivity contribution in [3.63, 3.8) is 0 Å². The Hall–Kier alpha value is -0.0900. The van der Waals surface area contributed by atoms with Gasteiger partial charge in [-0.15, -0.1) is 0 Å². The minimum Gasteiger partial charge on any atom is -0.264 e. The molecule has 0 aliphatic carbocycles. The van der Waals surface area contributed by atoms with E-state index < -0.39 is 15.7 Å². The molecule has 0 aliphatic heterocycles. The van der Waals surface area contributed by atoms with E-state index in [-0.39, 0.29) is 0 Å². The van der Waals surface area contributed by atoms with Crippen molar-refractivity contribution in [2.75, 3.05) is 6.26 Å². The maximum Gasteiger partial charge on any atom is 0.264 e. The zero-order chi connectivity index (χ0) is 9.83. The molecule has 4 heteroatoms. The van der Waals surface area contributed by atoms with Crippen molar-refractivity contribution in [3.8, 4) is 0 Å². The van der Waals surface area contributed by atoms with Gasteiger partial charge in [0, 0.05) is 0 Å². The van der Waals surface area contributed by atoms with Gasteiger partial charge in [0.1, 0.15) is 0 Å². The van der Waals surface area contributed by atoms with Crippen LogP contribution in [0.4, 0.5) is 0 Å². The van der Waals surface area contributed by atoms with Crippen LogP contribution in [-0.4, -0.2) is 20.3 Å². The van der Waals surface area contributed by atoms with Crippen LogP contribution in [0.5, 0.6) is 0 Å². The van der Waals surface area contributed by atoms with E-state index in [9.17, 15) is 8.42 Å². The molecule has 0 amide bonds. The van der Waals surface area contributed by atoms with Gasteiger partial charge in [0.25, 0.3) is 10.1 Å². The first kappa shape index (κ1) is 11.9. The SMILES string of the molecule is CCCCC(C)(C)OS(C)(=O)=O. The first-order valence-corrected chi connectivity index (χ1v) is 5.99. The molecule has 0 saturated carbocycles. The summed E-state index contributed by atoms with van der Waals surface area (Å²) in [4.78, 5) is 0. The van der Waals surface area contributed by atoms with E-state index in [2.05, 4.69) is 6.92 Å². The maximum atomic E-state index is 10.8. The zero-order valence-electron chi connectivity index (χ0n) is 8.25. The summed E-state index contributed by atoms with van der Waals surface area (Å²) in [5.74, 6) is 0. The molecule has 0 aromatic heterocycles. The van der Waals surface area contributed by atoms with Crippen LogP contribution >= 0.6 is 0 Å². The summed E-state index contributed by atoms with van der Waals surface area (Å²) in [6.07, 6.45) is 3.90. The van der Waals surface area contributed by atoms with Crippen LogP contribution in [0.1, 0.15) is 40.0 Å². The van der Waals surface area contributed by atoms with Crippen LogP contribution < -0.4 is 0 Å². The van der Waals surface area contributed by atoms with Crippen molar-refractivity contribution in [2.45, 2.75) is 45.6 Å². The average Bonchev–Trinajstić information content (AvgIpc) is 1.78.